The monoisotopic (exact) mass is 335 g/mol. The lowest BCUT2D eigenvalue weighted by atomic mass is 10.1. The van der Waals surface area contributed by atoms with E-state index in [1.165, 1.54) is 24.3 Å². The van der Waals surface area contributed by atoms with Crippen molar-refractivity contribution in [1.29, 1.82) is 0 Å². The number of benzene rings is 2. The molecule has 22 heavy (non-hydrogen) atoms. The van der Waals surface area contributed by atoms with Crippen molar-refractivity contribution in [3.8, 4) is 22.6 Å². The van der Waals surface area contributed by atoms with E-state index >= 15 is 0 Å². The maximum atomic E-state index is 12.9. The topological polar surface area (TPSA) is 58.6 Å². The molecule has 0 radical (unpaired) electrons. The second kappa shape index (κ2) is 5.87. The van der Waals surface area contributed by atoms with Crippen LogP contribution in [-0.2, 0) is 0 Å². The fourth-order valence-electron chi connectivity index (χ4n) is 1.94. The van der Waals surface area contributed by atoms with Crippen molar-refractivity contribution in [2.24, 2.45) is 0 Å². The molecule has 0 atom stereocenters. The third-order valence-electron chi connectivity index (χ3n) is 3.00. The molecule has 0 aliphatic rings. The highest BCUT2D eigenvalue weighted by atomic mass is 35.5. The Labute approximate surface area is 134 Å². The summed E-state index contributed by atoms with van der Waals surface area (Å²) in [6.45, 7) is 0. The molecule has 3 rings (SSSR count). The van der Waals surface area contributed by atoms with Gasteiger partial charge >= 0.3 is 0 Å². The smallest absolute Gasteiger partial charge is 0.278 e. The minimum absolute atomic E-state index is 0.105. The molecule has 4 nitrogen and oxygen atoms in total. The summed E-state index contributed by atoms with van der Waals surface area (Å²) < 4.78 is 12.9. The van der Waals surface area contributed by atoms with E-state index in [9.17, 15) is 9.18 Å². The van der Waals surface area contributed by atoms with Crippen molar-refractivity contribution in [1.82, 2.24) is 15.2 Å². The van der Waals surface area contributed by atoms with Gasteiger partial charge in [0, 0.05) is 16.1 Å². The van der Waals surface area contributed by atoms with Crippen molar-refractivity contribution < 1.29 is 4.39 Å². The SMILES string of the molecule is O=c1[nH]c(-c2ccc(Cl)cc2Cl)nnc1-c1ccc(F)cc1. The summed E-state index contributed by atoms with van der Waals surface area (Å²) in [4.78, 5) is 14.8. The molecule has 0 bridgehead atoms. The molecule has 0 fully saturated rings. The summed E-state index contributed by atoms with van der Waals surface area (Å²) in [6.07, 6.45) is 0. The van der Waals surface area contributed by atoms with E-state index in [1.807, 2.05) is 0 Å². The summed E-state index contributed by atoms with van der Waals surface area (Å²) in [5, 5.41) is 8.71. The largest absolute Gasteiger partial charge is 0.303 e. The first-order valence-corrected chi connectivity index (χ1v) is 6.98. The minimum atomic E-state index is -0.442. The van der Waals surface area contributed by atoms with Crippen molar-refractivity contribution in [3.63, 3.8) is 0 Å². The number of halogens is 3. The number of aromatic nitrogens is 3. The molecule has 0 aliphatic heterocycles. The molecule has 0 saturated carbocycles. The van der Waals surface area contributed by atoms with Crippen LogP contribution in [0.5, 0.6) is 0 Å². The van der Waals surface area contributed by atoms with E-state index in [-0.39, 0.29) is 11.5 Å². The highest BCUT2D eigenvalue weighted by Crippen LogP contribution is 2.27. The maximum Gasteiger partial charge on any atom is 0.278 e. The van der Waals surface area contributed by atoms with E-state index in [0.717, 1.165) is 0 Å². The predicted octanol–water partition coefficient (Wildman–Crippen LogP) is 3.94. The zero-order valence-corrected chi connectivity index (χ0v) is 12.5. The third-order valence-corrected chi connectivity index (χ3v) is 3.55. The fourth-order valence-corrected chi connectivity index (χ4v) is 2.43. The molecular weight excluding hydrogens is 328 g/mol. The molecule has 0 aliphatic carbocycles. The van der Waals surface area contributed by atoms with E-state index < -0.39 is 11.4 Å². The minimum Gasteiger partial charge on any atom is -0.303 e. The van der Waals surface area contributed by atoms with E-state index in [1.54, 1.807) is 18.2 Å². The average Bonchev–Trinajstić information content (AvgIpc) is 2.48. The van der Waals surface area contributed by atoms with Crippen LogP contribution in [0.4, 0.5) is 4.39 Å². The van der Waals surface area contributed by atoms with Gasteiger partial charge in [-0.3, -0.25) is 4.79 Å². The molecule has 110 valence electrons. The molecule has 1 heterocycles. The number of H-pyrrole nitrogens is 1. The zero-order chi connectivity index (χ0) is 15.7. The normalized spacial score (nSPS) is 10.7. The van der Waals surface area contributed by atoms with Crippen molar-refractivity contribution in [2.75, 3.05) is 0 Å². The third kappa shape index (κ3) is 2.86. The van der Waals surface area contributed by atoms with Crippen LogP contribution in [0.25, 0.3) is 22.6 Å². The summed E-state index contributed by atoms with van der Waals surface area (Å²) in [6, 6.07) is 10.2. The van der Waals surface area contributed by atoms with Gasteiger partial charge in [0.2, 0.25) is 0 Å². The van der Waals surface area contributed by atoms with E-state index in [4.69, 9.17) is 23.2 Å². The lowest BCUT2D eigenvalue weighted by Crippen LogP contribution is -2.14. The summed E-state index contributed by atoms with van der Waals surface area (Å²) in [7, 11) is 0. The highest BCUT2D eigenvalue weighted by Gasteiger charge is 2.11. The van der Waals surface area contributed by atoms with E-state index in [0.29, 0.717) is 21.2 Å². The van der Waals surface area contributed by atoms with Gasteiger partial charge in [-0.1, -0.05) is 23.2 Å². The van der Waals surface area contributed by atoms with E-state index in [2.05, 4.69) is 15.2 Å². The van der Waals surface area contributed by atoms with Crippen LogP contribution < -0.4 is 5.56 Å². The first-order valence-electron chi connectivity index (χ1n) is 6.23. The molecule has 1 N–H and O–H groups in total. The van der Waals surface area contributed by atoms with Gasteiger partial charge in [0.15, 0.2) is 11.5 Å². The van der Waals surface area contributed by atoms with Gasteiger partial charge in [0.05, 0.1) is 5.02 Å². The lowest BCUT2D eigenvalue weighted by molar-refractivity contribution is 0.628. The van der Waals surface area contributed by atoms with Crippen molar-refractivity contribution >= 4 is 23.2 Å². The number of nitrogens with zero attached hydrogens (tertiary/aromatic N) is 2. The Morgan fingerprint density at radius 2 is 1.73 bits per heavy atom. The summed E-state index contributed by atoms with van der Waals surface area (Å²) in [5.74, 6) is -0.157. The Morgan fingerprint density at radius 1 is 1.00 bits per heavy atom. The van der Waals surface area contributed by atoms with Gasteiger partial charge in [-0.05, 0) is 42.5 Å². The predicted molar refractivity (Wildman–Crippen MR) is 83.5 cm³/mol. The molecule has 7 heteroatoms. The zero-order valence-electron chi connectivity index (χ0n) is 11.0. The van der Waals surface area contributed by atoms with Gasteiger partial charge in [0.25, 0.3) is 5.56 Å². The molecule has 0 spiro atoms. The Hall–Kier alpha value is -2.24. The Morgan fingerprint density at radius 3 is 2.36 bits per heavy atom. The second-order valence-electron chi connectivity index (χ2n) is 4.48. The average molecular weight is 336 g/mol. The standard InChI is InChI=1S/C15H8Cl2FN3O/c16-9-3-6-11(12(17)7-9)14-19-15(22)13(20-21-14)8-1-4-10(18)5-2-8/h1-7H,(H,19,21,22). The highest BCUT2D eigenvalue weighted by molar-refractivity contribution is 6.36. The molecule has 2 aromatic carbocycles. The van der Waals surface area contributed by atoms with Gasteiger partial charge < -0.3 is 4.98 Å². The van der Waals surface area contributed by atoms with Gasteiger partial charge in [-0.2, -0.15) is 0 Å². The van der Waals surface area contributed by atoms with Gasteiger partial charge in [-0.25, -0.2) is 4.39 Å². The van der Waals surface area contributed by atoms with Gasteiger partial charge in [0.1, 0.15) is 5.82 Å². The molecule has 3 aromatic rings. The first kappa shape index (κ1) is 14.7. The molecule has 0 saturated heterocycles. The van der Waals surface area contributed by atoms with Crippen molar-refractivity contribution in [3.05, 3.63) is 68.7 Å². The van der Waals surface area contributed by atoms with Crippen LogP contribution in [-0.4, -0.2) is 15.2 Å². The molecule has 0 unspecified atom stereocenters. The molecular formula is C15H8Cl2FN3O. The van der Waals surface area contributed by atoms with Crippen LogP contribution >= 0.6 is 23.2 Å². The summed E-state index contributed by atoms with van der Waals surface area (Å²) >= 11 is 11.9. The van der Waals surface area contributed by atoms with Crippen LogP contribution in [0, 0.1) is 5.82 Å². The maximum absolute atomic E-state index is 12.9. The second-order valence-corrected chi connectivity index (χ2v) is 5.33. The number of hydrogen-bond donors (Lipinski definition) is 1. The first-order chi connectivity index (χ1) is 10.5. The number of nitrogens with one attached hydrogen (secondary N) is 1. The van der Waals surface area contributed by atoms with Crippen LogP contribution in [0.3, 0.4) is 0 Å². The fraction of sp³-hybridized carbons (Fsp3) is 0. The van der Waals surface area contributed by atoms with Crippen molar-refractivity contribution in [2.45, 2.75) is 0 Å². The number of rotatable bonds is 2. The number of aromatic amines is 1. The molecule has 0 amide bonds. The number of hydrogen-bond acceptors (Lipinski definition) is 3. The Balaban J connectivity index is 2.06. The Kier molecular flexibility index (Phi) is 3.92. The van der Waals surface area contributed by atoms with Gasteiger partial charge in [-0.15, -0.1) is 10.2 Å². The van der Waals surface area contributed by atoms with Crippen LogP contribution in [0.15, 0.2) is 47.3 Å². The Bertz CT molecular complexity index is 894. The quantitative estimate of drug-likeness (QED) is 0.771. The van der Waals surface area contributed by atoms with Crippen LogP contribution in [0.2, 0.25) is 10.0 Å². The molecule has 1 aromatic heterocycles. The lowest BCUT2D eigenvalue weighted by Gasteiger charge is -2.04. The summed E-state index contributed by atoms with van der Waals surface area (Å²) in [5.41, 5.74) is 0.654. The van der Waals surface area contributed by atoms with Crippen LogP contribution in [0.1, 0.15) is 0 Å².